The maximum absolute atomic E-state index is 8.74. The summed E-state index contributed by atoms with van der Waals surface area (Å²) in [6.45, 7) is 1.39. The summed E-state index contributed by atoms with van der Waals surface area (Å²) >= 11 is 0. The molecule has 27 heavy (non-hydrogen) atoms. The molecule has 0 aliphatic carbocycles. The molecule has 0 aliphatic heterocycles. The molecule has 2 aromatic rings. The summed E-state index contributed by atoms with van der Waals surface area (Å²) in [6.07, 6.45) is 20.5. The number of benzene rings is 1. The van der Waals surface area contributed by atoms with Crippen LogP contribution in [0, 0.1) is 0 Å². The summed E-state index contributed by atoms with van der Waals surface area (Å²) in [5, 5.41) is 12.2. The lowest BCUT2D eigenvalue weighted by Gasteiger charge is -2.07. The van der Waals surface area contributed by atoms with Gasteiger partial charge in [-0.1, -0.05) is 70.6 Å². The number of nitrogens with zero attached hydrogens (tertiary/aromatic N) is 2. The average molecular weight is 372 g/mol. The molecule has 2 N–H and O–H groups in total. The largest absolute Gasteiger partial charge is 0.396 e. The number of aliphatic hydroxyl groups excluding tert-OH is 1. The molecule has 0 amide bonds. The van der Waals surface area contributed by atoms with Crippen LogP contribution in [0.2, 0.25) is 0 Å². The predicted molar refractivity (Wildman–Crippen MR) is 115 cm³/mol. The first kappa shape index (κ1) is 21.6. The molecule has 0 unspecified atom stereocenters. The van der Waals surface area contributed by atoms with Gasteiger partial charge in [0.2, 0.25) is 0 Å². The van der Waals surface area contributed by atoms with Gasteiger partial charge in [-0.2, -0.15) is 0 Å². The van der Waals surface area contributed by atoms with Crippen LogP contribution in [0.25, 0.3) is 11.0 Å². The summed E-state index contributed by atoms with van der Waals surface area (Å²) in [7, 11) is 0. The molecule has 4 nitrogen and oxygen atoms in total. The van der Waals surface area contributed by atoms with E-state index >= 15 is 0 Å². The summed E-state index contributed by atoms with van der Waals surface area (Å²) in [5.74, 6) is 0. The normalized spacial score (nSPS) is 11.1. The Morgan fingerprint density at radius 3 is 1.74 bits per heavy atom. The molecule has 0 spiro atoms. The highest BCUT2D eigenvalue weighted by Gasteiger charge is 1.98. The number of rotatable bonds is 16. The van der Waals surface area contributed by atoms with Crippen LogP contribution in [0.1, 0.15) is 83.5 Å². The van der Waals surface area contributed by atoms with Gasteiger partial charge < -0.3 is 10.4 Å². The van der Waals surface area contributed by atoms with E-state index < -0.39 is 0 Å². The third-order valence-electron chi connectivity index (χ3n) is 5.13. The Bertz CT molecular complexity index is 617. The first-order valence-corrected chi connectivity index (χ1v) is 11.0. The molecule has 1 heterocycles. The molecule has 0 saturated carbocycles. The van der Waals surface area contributed by atoms with Crippen LogP contribution in [0.4, 0.5) is 5.69 Å². The molecule has 0 fully saturated rings. The lowest BCUT2D eigenvalue weighted by atomic mass is 10.0. The van der Waals surface area contributed by atoms with Gasteiger partial charge in [0.05, 0.1) is 11.0 Å². The van der Waals surface area contributed by atoms with Gasteiger partial charge in [-0.3, -0.25) is 9.97 Å². The van der Waals surface area contributed by atoms with Crippen molar-refractivity contribution in [2.24, 2.45) is 0 Å². The van der Waals surface area contributed by atoms with Crippen molar-refractivity contribution in [2.45, 2.75) is 83.5 Å². The second-order valence-electron chi connectivity index (χ2n) is 7.51. The van der Waals surface area contributed by atoms with Gasteiger partial charge in [0, 0.05) is 31.2 Å². The Labute approximate surface area is 164 Å². The monoisotopic (exact) mass is 371 g/mol. The minimum absolute atomic E-state index is 0.356. The molecule has 0 atom stereocenters. The number of hydrogen-bond donors (Lipinski definition) is 2. The van der Waals surface area contributed by atoms with Gasteiger partial charge in [0.15, 0.2) is 0 Å². The van der Waals surface area contributed by atoms with E-state index in [2.05, 4.69) is 27.4 Å². The molecule has 0 aliphatic rings. The van der Waals surface area contributed by atoms with Gasteiger partial charge in [0.25, 0.3) is 0 Å². The Hall–Kier alpha value is -1.68. The van der Waals surface area contributed by atoms with Crippen molar-refractivity contribution < 1.29 is 5.11 Å². The van der Waals surface area contributed by atoms with Gasteiger partial charge in [-0.25, -0.2) is 0 Å². The number of aromatic nitrogens is 2. The van der Waals surface area contributed by atoms with E-state index in [9.17, 15) is 0 Å². The van der Waals surface area contributed by atoms with Crippen LogP contribution < -0.4 is 5.32 Å². The highest BCUT2D eigenvalue weighted by Crippen LogP contribution is 2.16. The van der Waals surface area contributed by atoms with E-state index in [-0.39, 0.29) is 0 Å². The molecule has 1 aromatic heterocycles. The van der Waals surface area contributed by atoms with Crippen molar-refractivity contribution in [3.05, 3.63) is 30.6 Å². The molecular formula is C23H37N3O. The molecule has 0 bridgehead atoms. The zero-order valence-corrected chi connectivity index (χ0v) is 16.8. The molecule has 150 valence electrons. The van der Waals surface area contributed by atoms with Crippen molar-refractivity contribution in [3.8, 4) is 0 Å². The Morgan fingerprint density at radius 1 is 0.630 bits per heavy atom. The van der Waals surface area contributed by atoms with Gasteiger partial charge in [0.1, 0.15) is 0 Å². The van der Waals surface area contributed by atoms with Gasteiger partial charge >= 0.3 is 0 Å². The zero-order chi connectivity index (χ0) is 19.0. The molecule has 0 radical (unpaired) electrons. The van der Waals surface area contributed by atoms with Crippen LogP contribution in [0.5, 0.6) is 0 Å². The number of nitrogens with one attached hydrogen (secondary N) is 1. The third-order valence-corrected chi connectivity index (χ3v) is 5.13. The van der Waals surface area contributed by atoms with E-state index in [1.54, 1.807) is 12.4 Å². The van der Waals surface area contributed by atoms with Crippen molar-refractivity contribution in [1.29, 1.82) is 0 Å². The minimum Gasteiger partial charge on any atom is -0.396 e. The average Bonchev–Trinajstić information content (AvgIpc) is 2.71. The second-order valence-corrected chi connectivity index (χ2v) is 7.51. The van der Waals surface area contributed by atoms with Crippen LogP contribution in [-0.2, 0) is 0 Å². The highest BCUT2D eigenvalue weighted by molar-refractivity contribution is 5.78. The molecule has 1 aromatic carbocycles. The lowest BCUT2D eigenvalue weighted by molar-refractivity contribution is 0.282. The number of hydrogen-bond acceptors (Lipinski definition) is 4. The molecule has 2 rings (SSSR count). The van der Waals surface area contributed by atoms with Crippen LogP contribution in [0.15, 0.2) is 30.6 Å². The fourth-order valence-corrected chi connectivity index (χ4v) is 3.49. The third kappa shape index (κ3) is 9.71. The van der Waals surface area contributed by atoms with E-state index in [0.717, 1.165) is 29.7 Å². The SMILES string of the molecule is OCCCCCCCCCCCCCCCNc1ccc2nccnc2c1. The van der Waals surface area contributed by atoms with Gasteiger partial charge in [-0.05, 0) is 31.0 Å². The topological polar surface area (TPSA) is 58.0 Å². The number of anilines is 1. The van der Waals surface area contributed by atoms with Crippen molar-refractivity contribution in [3.63, 3.8) is 0 Å². The standard InChI is InChI=1S/C23H37N3O/c27-19-13-11-9-7-5-3-1-2-4-6-8-10-12-16-24-21-14-15-22-23(20-21)26-18-17-25-22/h14-15,17-18,20,24,27H,1-13,16,19H2. The fraction of sp³-hybridized carbons (Fsp3) is 0.652. The highest BCUT2D eigenvalue weighted by atomic mass is 16.2. The van der Waals surface area contributed by atoms with Crippen molar-refractivity contribution in [2.75, 3.05) is 18.5 Å². The summed E-state index contributed by atoms with van der Waals surface area (Å²) in [4.78, 5) is 8.65. The van der Waals surface area contributed by atoms with Crippen LogP contribution in [0.3, 0.4) is 0 Å². The predicted octanol–water partition coefficient (Wildman–Crippen LogP) is 6.11. The van der Waals surface area contributed by atoms with Crippen molar-refractivity contribution in [1.82, 2.24) is 9.97 Å². The molecular weight excluding hydrogens is 334 g/mol. The minimum atomic E-state index is 0.356. The lowest BCUT2D eigenvalue weighted by Crippen LogP contribution is -2.01. The van der Waals surface area contributed by atoms with E-state index in [1.165, 1.54) is 77.0 Å². The number of fused-ring (bicyclic) bond motifs is 1. The first-order valence-electron chi connectivity index (χ1n) is 11.0. The van der Waals surface area contributed by atoms with E-state index in [1.807, 2.05) is 6.07 Å². The maximum Gasteiger partial charge on any atom is 0.0907 e. The Kier molecular flexibility index (Phi) is 11.5. The van der Waals surface area contributed by atoms with Gasteiger partial charge in [-0.15, -0.1) is 0 Å². The quantitative estimate of drug-likeness (QED) is 0.350. The fourth-order valence-electron chi connectivity index (χ4n) is 3.49. The smallest absolute Gasteiger partial charge is 0.0907 e. The summed E-state index contributed by atoms with van der Waals surface area (Å²) < 4.78 is 0. The zero-order valence-electron chi connectivity index (χ0n) is 16.8. The van der Waals surface area contributed by atoms with Crippen LogP contribution in [-0.4, -0.2) is 28.2 Å². The summed E-state index contributed by atoms with van der Waals surface area (Å²) in [6, 6.07) is 6.19. The van der Waals surface area contributed by atoms with Crippen LogP contribution >= 0.6 is 0 Å². The summed E-state index contributed by atoms with van der Waals surface area (Å²) in [5.41, 5.74) is 3.04. The van der Waals surface area contributed by atoms with E-state index in [4.69, 9.17) is 5.11 Å². The second kappa shape index (κ2) is 14.4. The molecule has 0 saturated heterocycles. The van der Waals surface area contributed by atoms with Crippen molar-refractivity contribution >= 4 is 16.7 Å². The Morgan fingerprint density at radius 2 is 1.15 bits per heavy atom. The van der Waals surface area contributed by atoms with E-state index in [0.29, 0.717) is 6.61 Å². The number of unbranched alkanes of at least 4 members (excludes halogenated alkanes) is 12. The Balaban J connectivity index is 1.37. The number of aliphatic hydroxyl groups is 1. The molecule has 4 heteroatoms. The first-order chi connectivity index (χ1) is 13.4. The maximum atomic E-state index is 8.74.